The van der Waals surface area contributed by atoms with Gasteiger partial charge in [-0.1, -0.05) is 5.16 Å². The Morgan fingerprint density at radius 1 is 1.42 bits per heavy atom. The Balaban J connectivity index is 0.00000324. The maximum absolute atomic E-state index is 12.0. The van der Waals surface area contributed by atoms with Gasteiger partial charge in [0.2, 0.25) is 0 Å². The fourth-order valence-corrected chi connectivity index (χ4v) is 1.14. The van der Waals surface area contributed by atoms with Crippen molar-refractivity contribution in [3.05, 3.63) is 18.0 Å². The highest BCUT2D eigenvalue weighted by Gasteiger charge is 2.26. The fraction of sp³-hybridized carbons (Fsp3) is 0.600. The molecule has 0 amide bonds. The van der Waals surface area contributed by atoms with E-state index < -0.39 is 12.6 Å². The molecular formula is C10H16F3IN4O. The highest BCUT2D eigenvalue weighted by atomic mass is 127. The van der Waals surface area contributed by atoms with E-state index >= 15 is 0 Å². The molecule has 0 saturated carbocycles. The molecule has 0 unspecified atom stereocenters. The van der Waals surface area contributed by atoms with Crippen LogP contribution in [0.5, 0.6) is 0 Å². The van der Waals surface area contributed by atoms with Gasteiger partial charge in [0, 0.05) is 19.2 Å². The molecule has 0 spiro atoms. The molecule has 0 aliphatic heterocycles. The van der Waals surface area contributed by atoms with Gasteiger partial charge in [-0.05, 0) is 6.92 Å². The number of aromatic nitrogens is 1. The van der Waals surface area contributed by atoms with Crippen LogP contribution in [0.25, 0.3) is 0 Å². The van der Waals surface area contributed by atoms with Gasteiger partial charge in [0.15, 0.2) is 5.96 Å². The minimum Gasteiger partial charge on any atom is -0.364 e. The lowest BCUT2D eigenvalue weighted by Crippen LogP contribution is -2.38. The van der Waals surface area contributed by atoms with Crippen molar-refractivity contribution in [3.8, 4) is 0 Å². The summed E-state index contributed by atoms with van der Waals surface area (Å²) in [4.78, 5) is 4.08. The van der Waals surface area contributed by atoms with E-state index in [9.17, 15) is 13.2 Å². The summed E-state index contributed by atoms with van der Waals surface area (Å²) in [7, 11) is 0. The number of rotatable bonds is 5. The Hall–Kier alpha value is -1.00. The standard InChI is InChI=1S/C10H15F3N4O.HI/c1-2-14-9(15-5-4-10(11,12)13)16-7-8-3-6-18-17-8;/h3,6H,2,4-5,7H2,1H3,(H2,14,15,16);1H. The molecule has 1 aromatic rings. The Labute approximate surface area is 126 Å². The number of hydrogen-bond donors (Lipinski definition) is 2. The smallest absolute Gasteiger partial charge is 0.364 e. The predicted octanol–water partition coefficient (Wildman–Crippen LogP) is 2.30. The van der Waals surface area contributed by atoms with Crippen molar-refractivity contribution in [2.24, 2.45) is 4.99 Å². The van der Waals surface area contributed by atoms with Crippen molar-refractivity contribution in [1.82, 2.24) is 15.8 Å². The zero-order chi connectivity index (χ0) is 13.4. The Morgan fingerprint density at radius 2 is 2.16 bits per heavy atom. The minimum absolute atomic E-state index is 0. The molecule has 110 valence electrons. The molecule has 5 nitrogen and oxygen atoms in total. The van der Waals surface area contributed by atoms with Crippen molar-refractivity contribution in [2.75, 3.05) is 13.1 Å². The molecular weight excluding hydrogens is 376 g/mol. The van der Waals surface area contributed by atoms with E-state index in [2.05, 4.69) is 25.3 Å². The summed E-state index contributed by atoms with van der Waals surface area (Å²) in [6.45, 7) is 2.43. The highest BCUT2D eigenvalue weighted by molar-refractivity contribution is 14.0. The average molecular weight is 392 g/mol. The third-order valence-electron chi connectivity index (χ3n) is 1.94. The lowest BCUT2D eigenvalue weighted by molar-refractivity contribution is -0.132. The van der Waals surface area contributed by atoms with Crippen molar-refractivity contribution in [2.45, 2.75) is 26.1 Å². The summed E-state index contributed by atoms with van der Waals surface area (Å²) in [6, 6.07) is 1.64. The first-order valence-electron chi connectivity index (χ1n) is 5.49. The van der Waals surface area contributed by atoms with Crippen LogP contribution < -0.4 is 10.6 Å². The first-order chi connectivity index (χ1) is 8.51. The molecule has 1 rings (SSSR count). The zero-order valence-electron chi connectivity index (χ0n) is 10.3. The van der Waals surface area contributed by atoms with Crippen LogP contribution in [0, 0.1) is 0 Å². The summed E-state index contributed by atoms with van der Waals surface area (Å²) in [5.74, 6) is 0.324. The third-order valence-corrected chi connectivity index (χ3v) is 1.94. The molecule has 1 aromatic heterocycles. The lowest BCUT2D eigenvalue weighted by Gasteiger charge is -2.12. The van der Waals surface area contributed by atoms with Gasteiger partial charge in [0.25, 0.3) is 0 Å². The summed E-state index contributed by atoms with van der Waals surface area (Å²) < 4.78 is 40.6. The van der Waals surface area contributed by atoms with E-state index in [1.165, 1.54) is 6.26 Å². The zero-order valence-corrected chi connectivity index (χ0v) is 12.7. The summed E-state index contributed by atoms with van der Waals surface area (Å²) in [5, 5.41) is 9.09. The monoisotopic (exact) mass is 392 g/mol. The van der Waals surface area contributed by atoms with Gasteiger partial charge in [0.1, 0.15) is 12.0 Å². The molecule has 0 aliphatic carbocycles. The van der Waals surface area contributed by atoms with Crippen molar-refractivity contribution < 1.29 is 17.7 Å². The van der Waals surface area contributed by atoms with Crippen LogP contribution >= 0.6 is 24.0 Å². The Kier molecular flexibility index (Phi) is 8.52. The SMILES string of the molecule is CCNC(=NCc1ccon1)NCCC(F)(F)F.I. The van der Waals surface area contributed by atoms with Crippen LogP contribution in [0.15, 0.2) is 21.8 Å². The summed E-state index contributed by atoms with van der Waals surface area (Å²) >= 11 is 0. The molecule has 0 atom stereocenters. The second-order valence-corrected chi connectivity index (χ2v) is 3.48. The van der Waals surface area contributed by atoms with Crippen LogP contribution in [0.1, 0.15) is 19.0 Å². The minimum atomic E-state index is -4.17. The second kappa shape index (κ2) is 8.99. The first kappa shape index (κ1) is 18.0. The van der Waals surface area contributed by atoms with Crippen LogP contribution in [0.4, 0.5) is 13.2 Å². The van der Waals surface area contributed by atoms with Crippen molar-refractivity contribution >= 4 is 29.9 Å². The number of hydrogen-bond acceptors (Lipinski definition) is 3. The van der Waals surface area contributed by atoms with Gasteiger partial charge in [-0.15, -0.1) is 24.0 Å². The topological polar surface area (TPSA) is 62.5 Å². The maximum atomic E-state index is 12.0. The van der Waals surface area contributed by atoms with Crippen LogP contribution in [-0.2, 0) is 6.54 Å². The van der Waals surface area contributed by atoms with Crippen LogP contribution in [-0.4, -0.2) is 30.4 Å². The summed E-state index contributed by atoms with van der Waals surface area (Å²) in [5.41, 5.74) is 0.614. The number of alkyl halides is 3. The average Bonchev–Trinajstić information content (AvgIpc) is 2.77. The number of nitrogens with one attached hydrogen (secondary N) is 2. The van der Waals surface area contributed by atoms with E-state index in [1.807, 2.05) is 6.92 Å². The summed E-state index contributed by atoms with van der Waals surface area (Å²) in [6.07, 6.45) is -3.66. The van der Waals surface area contributed by atoms with Gasteiger partial charge in [-0.3, -0.25) is 0 Å². The quantitative estimate of drug-likeness (QED) is 0.459. The molecule has 0 fully saturated rings. The Morgan fingerprint density at radius 3 is 2.68 bits per heavy atom. The number of guanidine groups is 1. The third kappa shape index (κ3) is 8.67. The molecule has 9 heteroatoms. The molecule has 0 radical (unpaired) electrons. The van der Waals surface area contributed by atoms with Crippen LogP contribution in [0.2, 0.25) is 0 Å². The van der Waals surface area contributed by atoms with Gasteiger partial charge in [-0.25, -0.2) is 4.99 Å². The molecule has 0 aromatic carbocycles. The number of nitrogens with zero attached hydrogens (tertiary/aromatic N) is 2. The van der Waals surface area contributed by atoms with Gasteiger partial charge >= 0.3 is 6.18 Å². The lowest BCUT2D eigenvalue weighted by atomic mass is 10.4. The van der Waals surface area contributed by atoms with Crippen LogP contribution in [0.3, 0.4) is 0 Å². The van der Waals surface area contributed by atoms with E-state index in [4.69, 9.17) is 0 Å². The van der Waals surface area contributed by atoms with Gasteiger partial charge in [0.05, 0.1) is 13.0 Å². The molecule has 0 bridgehead atoms. The second-order valence-electron chi connectivity index (χ2n) is 3.48. The van der Waals surface area contributed by atoms with Crippen molar-refractivity contribution in [3.63, 3.8) is 0 Å². The highest BCUT2D eigenvalue weighted by Crippen LogP contribution is 2.17. The van der Waals surface area contributed by atoms with Gasteiger partial charge in [-0.2, -0.15) is 13.2 Å². The predicted molar refractivity (Wildman–Crippen MR) is 75.4 cm³/mol. The van der Waals surface area contributed by atoms with E-state index in [1.54, 1.807) is 6.07 Å². The van der Waals surface area contributed by atoms with E-state index in [0.717, 1.165) is 0 Å². The van der Waals surface area contributed by atoms with Gasteiger partial charge < -0.3 is 15.2 Å². The largest absolute Gasteiger partial charge is 0.390 e. The normalized spacial score (nSPS) is 11.9. The Bertz CT molecular complexity index is 367. The van der Waals surface area contributed by atoms with Crippen molar-refractivity contribution in [1.29, 1.82) is 0 Å². The number of halogens is 4. The molecule has 0 aliphatic rings. The van der Waals surface area contributed by atoms with E-state index in [0.29, 0.717) is 18.2 Å². The maximum Gasteiger partial charge on any atom is 0.390 e. The fourth-order valence-electron chi connectivity index (χ4n) is 1.14. The molecule has 1 heterocycles. The molecule has 19 heavy (non-hydrogen) atoms. The molecule has 2 N–H and O–H groups in total. The number of aliphatic imine (C=N–C) groups is 1. The first-order valence-corrected chi connectivity index (χ1v) is 5.49. The molecule has 0 saturated heterocycles. The van der Waals surface area contributed by atoms with E-state index in [-0.39, 0.29) is 37.1 Å².